The number of rotatable bonds is 5. The molecule has 0 radical (unpaired) electrons. The Hall–Kier alpha value is -0.870. The van der Waals surface area contributed by atoms with Crippen molar-refractivity contribution >= 4 is 17.4 Å². The average Bonchev–Trinajstić information content (AvgIpc) is 2.75. The molecule has 1 aromatic rings. The third-order valence-corrected chi connectivity index (χ3v) is 3.64. The summed E-state index contributed by atoms with van der Waals surface area (Å²) in [4.78, 5) is 13.6. The first kappa shape index (κ1) is 14.5. The van der Waals surface area contributed by atoms with Crippen LogP contribution >= 0.6 is 11.6 Å². The van der Waals surface area contributed by atoms with Gasteiger partial charge in [0.1, 0.15) is 16.8 Å². The maximum absolute atomic E-state index is 6.13. The van der Waals surface area contributed by atoms with Crippen molar-refractivity contribution in [2.45, 2.75) is 38.6 Å². The highest BCUT2D eigenvalue weighted by Crippen LogP contribution is 2.26. The van der Waals surface area contributed by atoms with Crippen LogP contribution in [-0.2, 0) is 6.42 Å². The molecule has 1 unspecified atom stereocenters. The van der Waals surface area contributed by atoms with Crippen molar-refractivity contribution in [3.05, 3.63) is 17.0 Å². The van der Waals surface area contributed by atoms with E-state index in [1.807, 2.05) is 6.07 Å². The second kappa shape index (κ2) is 6.53. The van der Waals surface area contributed by atoms with E-state index in [2.05, 4.69) is 40.8 Å². The molecule has 2 rings (SSSR count). The minimum atomic E-state index is 0.537. The van der Waals surface area contributed by atoms with Crippen LogP contribution in [0.5, 0.6) is 0 Å². The van der Waals surface area contributed by atoms with E-state index in [9.17, 15) is 0 Å². The minimum absolute atomic E-state index is 0.537. The molecular formula is C14H23ClN4. The highest BCUT2D eigenvalue weighted by atomic mass is 35.5. The number of nitrogens with zero attached hydrogens (tertiary/aromatic N) is 4. The molecule has 0 amide bonds. The summed E-state index contributed by atoms with van der Waals surface area (Å²) in [6, 6.07) is 2.43. The molecule has 1 fully saturated rings. The van der Waals surface area contributed by atoms with Gasteiger partial charge >= 0.3 is 0 Å². The Morgan fingerprint density at radius 1 is 1.42 bits per heavy atom. The van der Waals surface area contributed by atoms with Gasteiger partial charge in [0, 0.05) is 31.6 Å². The van der Waals surface area contributed by atoms with Gasteiger partial charge in [0.15, 0.2) is 0 Å². The first-order valence-corrected chi connectivity index (χ1v) is 7.42. The van der Waals surface area contributed by atoms with Gasteiger partial charge in [-0.05, 0) is 33.4 Å². The van der Waals surface area contributed by atoms with Crippen LogP contribution in [-0.4, -0.2) is 48.1 Å². The molecule has 1 aliphatic rings. The molecule has 1 aliphatic heterocycles. The summed E-state index contributed by atoms with van der Waals surface area (Å²) in [5.41, 5.74) is 0. The second-order valence-corrected chi connectivity index (χ2v) is 5.85. The molecule has 19 heavy (non-hydrogen) atoms. The molecule has 1 atom stereocenters. The summed E-state index contributed by atoms with van der Waals surface area (Å²) < 4.78 is 0. The second-order valence-electron chi connectivity index (χ2n) is 5.47. The molecule has 0 bridgehead atoms. The molecule has 0 aromatic carbocycles. The lowest BCUT2D eigenvalue weighted by molar-refractivity contribution is 0.371. The molecule has 0 aliphatic carbocycles. The summed E-state index contributed by atoms with van der Waals surface area (Å²) in [5.74, 6) is 1.85. The van der Waals surface area contributed by atoms with Gasteiger partial charge < -0.3 is 9.80 Å². The van der Waals surface area contributed by atoms with Crippen LogP contribution in [0, 0.1) is 0 Å². The fourth-order valence-electron chi connectivity index (χ4n) is 2.68. The van der Waals surface area contributed by atoms with Crippen LogP contribution in [0.15, 0.2) is 6.07 Å². The van der Waals surface area contributed by atoms with Gasteiger partial charge in [-0.3, -0.25) is 0 Å². The van der Waals surface area contributed by atoms with Gasteiger partial charge in [-0.2, -0.15) is 0 Å². The predicted octanol–water partition coefficient (Wildman–Crippen LogP) is 2.61. The lowest BCUT2D eigenvalue weighted by Gasteiger charge is -2.28. The number of aryl methyl sites for hydroxylation is 1. The zero-order chi connectivity index (χ0) is 13.8. The molecule has 0 N–H and O–H groups in total. The fourth-order valence-corrected chi connectivity index (χ4v) is 2.88. The summed E-state index contributed by atoms with van der Waals surface area (Å²) in [7, 11) is 4.23. The van der Waals surface area contributed by atoms with Gasteiger partial charge in [-0.15, -0.1) is 0 Å². The highest BCUT2D eigenvalue weighted by molar-refractivity contribution is 6.29. The fraction of sp³-hybridized carbons (Fsp3) is 0.714. The summed E-state index contributed by atoms with van der Waals surface area (Å²) in [6.07, 6.45) is 4.38. The van der Waals surface area contributed by atoms with Crippen LogP contribution in [0.3, 0.4) is 0 Å². The SMILES string of the molecule is CCCc1nc(Cl)cc(N2CCCC2CN(C)C)n1. The van der Waals surface area contributed by atoms with E-state index in [0.29, 0.717) is 11.2 Å². The maximum atomic E-state index is 6.13. The molecule has 0 saturated carbocycles. The van der Waals surface area contributed by atoms with Gasteiger partial charge in [-0.1, -0.05) is 18.5 Å². The molecule has 106 valence electrons. The van der Waals surface area contributed by atoms with Crippen LogP contribution in [0.2, 0.25) is 5.15 Å². The highest BCUT2D eigenvalue weighted by Gasteiger charge is 2.26. The van der Waals surface area contributed by atoms with E-state index in [-0.39, 0.29) is 0 Å². The Bertz CT molecular complexity index is 422. The van der Waals surface area contributed by atoms with E-state index in [4.69, 9.17) is 11.6 Å². The number of anilines is 1. The minimum Gasteiger partial charge on any atom is -0.352 e. The van der Waals surface area contributed by atoms with Gasteiger partial charge in [0.05, 0.1) is 0 Å². The standard InChI is InChI=1S/C14H23ClN4/c1-4-6-13-16-12(15)9-14(17-13)19-8-5-7-11(19)10-18(2)3/h9,11H,4-8,10H2,1-3H3. The lowest BCUT2D eigenvalue weighted by Crippen LogP contribution is -2.38. The van der Waals surface area contributed by atoms with Crippen LogP contribution in [0.25, 0.3) is 0 Å². The monoisotopic (exact) mass is 282 g/mol. The average molecular weight is 283 g/mol. The molecular weight excluding hydrogens is 260 g/mol. The number of aromatic nitrogens is 2. The van der Waals surface area contributed by atoms with Crippen molar-refractivity contribution in [1.82, 2.24) is 14.9 Å². The summed E-state index contributed by atoms with van der Waals surface area (Å²) in [6.45, 7) is 4.26. The number of halogens is 1. The Morgan fingerprint density at radius 3 is 2.89 bits per heavy atom. The van der Waals surface area contributed by atoms with Gasteiger partial charge in [0.2, 0.25) is 0 Å². The van der Waals surface area contributed by atoms with Crippen molar-refractivity contribution in [2.75, 3.05) is 32.1 Å². The number of hydrogen-bond acceptors (Lipinski definition) is 4. The van der Waals surface area contributed by atoms with E-state index in [1.54, 1.807) is 0 Å². The first-order chi connectivity index (χ1) is 9.10. The van der Waals surface area contributed by atoms with Crippen LogP contribution < -0.4 is 4.90 Å². The first-order valence-electron chi connectivity index (χ1n) is 7.05. The topological polar surface area (TPSA) is 32.3 Å². The predicted molar refractivity (Wildman–Crippen MR) is 80.0 cm³/mol. The lowest BCUT2D eigenvalue weighted by atomic mass is 10.2. The Balaban J connectivity index is 2.19. The van der Waals surface area contributed by atoms with Crippen molar-refractivity contribution < 1.29 is 0 Å². The molecule has 1 aromatic heterocycles. The number of hydrogen-bond donors (Lipinski definition) is 0. The van der Waals surface area contributed by atoms with Crippen molar-refractivity contribution in [1.29, 1.82) is 0 Å². The Morgan fingerprint density at radius 2 is 2.21 bits per heavy atom. The maximum Gasteiger partial charge on any atom is 0.134 e. The van der Waals surface area contributed by atoms with Crippen molar-refractivity contribution in [3.63, 3.8) is 0 Å². The van der Waals surface area contributed by atoms with Crippen molar-refractivity contribution in [3.8, 4) is 0 Å². The van der Waals surface area contributed by atoms with Gasteiger partial charge in [0.25, 0.3) is 0 Å². The van der Waals surface area contributed by atoms with E-state index in [0.717, 1.165) is 37.6 Å². The van der Waals surface area contributed by atoms with Crippen molar-refractivity contribution in [2.24, 2.45) is 0 Å². The summed E-state index contributed by atoms with van der Waals surface area (Å²) in [5, 5.41) is 0.559. The quantitative estimate of drug-likeness (QED) is 0.777. The Kier molecular flexibility index (Phi) is 4.99. The zero-order valence-corrected chi connectivity index (χ0v) is 12.8. The van der Waals surface area contributed by atoms with E-state index in [1.165, 1.54) is 12.8 Å². The zero-order valence-electron chi connectivity index (χ0n) is 12.1. The molecule has 5 heteroatoms. The van der Waals surface area contributed by atoms with Crippen LogP contribution in [0.4, 0.5) is 5.82 Å². The van der Waals surface area contributed by atoms with E-state index < -0.39 is 0 Å². The normalized spacial score (nSPS) is 19.4. The largest absolute Gasteiger partial charge is 0.352 e. The van der Waals surface area contributed by atoms with Crippen LogP contribution in [0.1, 0.15) is 32.0 Å². The molecule has 4 nitrogen and oxygen atoms in total. The third kappa shape index (κ3) is 3.80. The third-order valence-electron chi connectivity index (χ3n) is 3.45. The molecule has 1 saturated heterocycles. The molecule has 0 spiro atoms. The smallest absolute Gasteiger partial charge is 0.134 e. The molecule has 2 heterocycles. The Labute approximate surface area is 120 Å². The summed E-state index contributed by atoms with van der Waals surface area (Å²) >= 11 is 6.13. The van der Waals surface area contributed by atoms with Gasteiger partial charge in [-0.25, -0.2) is 9.97 Å². The van der Waals surface area contributed by atoms with E-state index >= 15 is 0 Å². The number of likely N-dealkylation sites (N-methyl/N-ethyl adjacent to an activating group) is 1.